The number of pyridine rings is 1. The molecule has 0 aliphatic carbocycles. The number of carbonyl (C=O) groups is 1. The van der Waals surface area contributed by atoms with Crippen molar-refractivity contribution in [1.29, 1.82) is 0 Å². The molecule has 110 valence electrons. The third-order valence-corrected chi connectivity index (χ3v) is 3.81. The highest BCUT2D eigenvalue weighted by molar-refractivity contribution is 5.88. The first-order valence-electron chi connectivity index (χ1n) is 7.53. The van der Waals surface area contributed by atoms with Gasteiger partial charge in [0.15, 0.2) is 0 Å². The summed E-state index contributed by atoms with van der Waals surface area (Å²) in [5.41, 5.74) is 0.760. The van der Waals surface area contributed by atoms with Gasteiger partial charge in [0.2, 0.25) is 5.91 Å². The van der Waals surface area contributed by atoms with Gasteiger partial charge in [-0.15, -0.1) is 0 Å². The molecule has 20 heavy (non-hydrogen) atoms. The molecule has 0 atom stereocenters. The zero-order valence-corrected chi connectivity index (χ0v) is 12.7. The predicted molar refractivity (Wildman–Crippen MR) is 82.9 cm³/mol. The molecule has 1 N–H and O–H groups in total. The highest BCUT2D eigenvalue weighted by Crippen LogP contribution is 2.26. The van der Waals surface area contributed by atoms with Gasteiger partial charge in [0.05, 0.1) is 11.9 Å². The van der Waals surface area contributed by atoms with E-state index < -0.39 is 0 Å². The molecule has 1 amide bonds. The molecule has 0 spiro atoms. The molecule has 1 aliphatic rings. The monoisotopic (exact) mass is 275 g/mol. The van der Waals surface area contributed by atoms with E-state index in [2.05, 4.69) is 29.0 Å². The van der Waals surface area contributed by atoms with Crippen LogP contribution in [0.25, 0.3) is 0 Å². The van der Waals surface area contributed by atoms with Gasteiger partial charge < -0.3 is 10.2 Å². The van der Waals surface area contributed by atoms with Crippen molar-refractivity contribution < 1.29 is 4.79 Å². The van der Waals surface area contributed by atoms with Crippen LogP contribution in [0.2, 0.25) is 0 Å². The fourth-order valence-electron chi connectivity index (χ4n) is 2.91. The van der Waals surface area contributed by atoms with E-state index in [0.29, 0.717) is 0 Å². The summed E-state index contributed by atoms with van der Waals surface area (Å²) < 4.78 is 0. The average Bonchev–Trinajstić information content (AvgIpc) is 2.39. The minimum absolute atomic E-state index is 0.0611. The average molecular weight is 275 g/mol. The van der Waals surface area contributed by atoms with Crippen molar-refractivity contribution in [3.63, 3.8) is 0 Å². The Morgan fingerprint density at radius 3 is 2.60 bits per heavy atom. The second-order valence-electron chi connectivity index (χ2n) is 6.15. The molecular weight excluding hydrogens is 250 g/mol. The fraction of sp³-hybridized carbons (Fsp3) is 0.625. The lowest BCUT2D eigenvalue weighted by molar-refractivity contribution is -0.114. The van der Waals surface area contributed by atoms with E-state index in [-0.39, 0.29) is 5.91 Å². The first-order chi connectivity index (χ1) is 9.54. The third-order valence-electron chi connectivity index (χ3n) is 3.81. The molecular formula is C16H25N3O. The molecule has 0 radical (unpaired) electrons. The molecule has 1 aromatic rings. The van der Waals surface area contributed by atoms with Gasteiger partial charge in [-0.05, 0) is 43.2 Å². The fourth-order valence-corrected chi connectivity index (χ4v) is 2.91. The number of rotatable bonds is 4. The molecule has 1 aromatic heterocycles. The molecule has 2 rings (SSSR count). The Hall–Kier alpha value is -1.58. The summed E-state index contributed by atoms with van der Waals surface area (Å²) in [7, 11) is 0. The Labute approximate surface area is 121 Å². The number of piperidine rings is 1. The van der Waals surface area contributed by atoms with Gasteiger partial charge >= 0.3 is 0 Å². The molecule has 0 saturated carbocycles. The number of hydrogen-bond acceptors (Lipinski definition) is 3. The number of nitrogens with zero attached hydrogens (tertiary/aromatic N) is 2. The van der Waals surface area contributed by atoms with Crippen LogP contribution in [0, 0.1) is 11.8 Å². The first-order valence-corrected chi connectivity index (χ1v) is 7.53. The van der Waals surface area contributed by atoms with Crippen LogP contribution >= 0.6 is 0 Å². The van der Waals surface area contributed by atoms with Gasteiger partial charge in [-0.3, -0.25) is 4.79 Å². The Bertz CT molecular complexity index is 434. The van der Waals surface area contributed by atoms with E-state index in [0.717, 1.165) is 36.4 Å². The van der Waals surface area contributed by atoms with E-state index in [9.17, 15) is 4.79 Å². The summed E-state index contributed by atoms with van der Waals surface area (Å²) in [6.45, 7) is 8.28. The Morgan fingerprint density at radius 2 is 2.10 bits per heavy atom. The van der Waals surface area contributed by atoms with Crippen LogP contribution in [0.4, 0.5) is 11.5 Å². The number of aromatic nitrogens is 1. The molecule has 4 nitrogen and oxygen atoms in total. The molecule has 1 saturated heterocycles. The highest BCUT2D eigenvalue weighted by Gasteiger charge is 2.20. The number of nitrogens with one attached hydrogen (secondary N) is 1. The molecule has 0 unspecified atom stereocenters. The standard InChI is InChI=1S/C16H25N3O/c1-12(2)10-14-6-8-19(9-7-14)16-5-4-15(11-17-16)18-13(3)20/h4-5,11-12,14H,6-10H2,1-3H3,(H,18,20). The van der Waals surface area contributed by atoms with Crippen molar-refractivity contribution in [1.82, 2.24) is 4.98 Å². The van der Waals surface area contributed by atoms with Crippen LogP contribution < -0.4 is 10.2 Å². The van der Waals surface area contributed by atoms with E-state index >= 15 is 0 Å². The van der Waals surface area contributed by atoms with Crippen LogP contribution in [0.3, 0.4) is 0 Å². The van der Waals surface area contributed by atoms with Crippen molar-refractivity contribution in [2.45, 2.75) is 40.0 Å². The van der Waals surface area contributed by atoms with Gasteiger partial charge in [0.1, 0.15) is 5.82 Å². The Balaban J connectivity index is 1.88. The van der Waals surface area contributed by atoms with Crippen LogP contribution in [0.1, 0.15) is 40.0 Å². The number of hydrogen-bond donors (Lipinski definition) is 1. The van der Waals surface area contributed by atoms with Crippen LogP contribution in [0.5, 0.6) is 0 Å². The third kappa shape index (κ3) is 4.22. The van der Waals surface area contributed by atoms with Crippen LogP contribution in [-0.2, 0) is 4.79 Å². The first kappa shape index (κ1) is 14.8. The molecule has 1 fully saturated rings. The van der Waals surface area contributed by atoms with Crippen LogP contribution in [-0.4, -0.2) is 24.0 Å². The van der Waals surface area contributed by atoms with Gasteiger partial charge in [-0.1, -0.05) is 13.8 Å². The van der Waals surface area contributed by atoms with Crippen molar-refractivity contribution in [2.24, 2.45) is 11.8 Å². The van der Waals surface area contributed by atoms with Gasteiger partial charge in [-0.25, -0.2) is 4.98 Å². The minimum atomic E-state index is -0.0611. The largest absolute Gasteiger partial charge is 0.357 e. The van der Waals surface area contributed by atoms with E-state index in [1.807, 2.05) is 12.1 Å². The van der Waals surface area contributed by atoms with Crippen molar-refractivity contribution in [2.75, 3.05) is 23.3 Å². The lowest BCUT2D eigenvalue weighted by Crippen LogP contribution is -2.34. The summed E-state index contributed by atoms with van der Waals surface area (Å²) in [6, 6.07) is 3.91. The lowest BCUT2D eigenvalue weighted by atomic mass is 9.89. The molecule has 1 aliphatic heterocycles. The topological polar surface area (TPSA) is 45.2 Å². The molecule has 0 aromatic carbocycles. The summed E-state index contributed by atoms with van der Waals surface area (Å²) in [5, 5.41) is 2.74. The predicted octanol–water partition coefficient (Wildman–Crippen LogP) is 3.30. The second kappa shape index (κ2) is 6.73. The van der Waals surface area contributed by atoms with Gasteiger partial charge in [0.25, 0.3) is 0 Å². The van der Waals surface area contributed by atoms with E-state index in [1.54, 1.807) is 6.20 Å². The highest BCUT2D eigenvalue weighted by atomic mass is 16.1. The number of amides is 1. The summed E-state index contributed by atoms with van der Waals surface area (Å²) in [5.74, 6) is 2.61. The number of carbonyl (C=O) groups excluding carboxylic acids is 1. The quantitative estimate of drug-likeness (QED) is 0.917. The van der Waals surface area contributed by atoms with Crippen molar-refractivity contribution >= 4 is 17.4 Å². The smallest absolute Gasteiger partial charge is 0.221 e. The molecule has 0 bridgehead atoms. The van der Waals surface area contributed by atoms with Gasteiger partial charge in [0, 0.05) is 20.0 Å². The minimum Gasteiger partial charge on any atom is -0.357 e. The Morgan fingerprint density at radius 1 is 1.40 bits per heavy atom. The van der Waals surface area contributed by atoms with Crippen molar-refractivity contribution in [3.8, 4) is 0 Å². The lowest BCUT2D eigenvalue weighted by Gasteiger charge is -2.33. The maximum atomic E-state index is 11.0. The summed E-state index contributed by atoms with van der Waals surface area (Å²) >= 11 is 0. The second-order valence-corrected chi connectivity index (χ2v) is 6.15. The zero-order valence-electron chi connectivity index (χ0n) is 12.7. The van der Waals surface area contributed by atoms with Crippen LogP contribution in [0.15, 0.2) is 18.3 Å². The van der Waals surface area contributed by atoms with E-state index in [4.69, 9.17) is 0 Å². The molecule has 4 heteroatoms. The normalized spacial score (nSPS) is 16.5. The van der Waals surface area contributed by atoms with E-state index in [1.165, 1.54) is 26.2 Å². The maximum Gasteiger partial charge on any atom is 0.221 e. The van der Waals surface area contributed by atoms with Crippen molar-refractivity contribution in [3.05, 3.63) is 18.3 Å². The van der Waals surface area contributed by atoms with Gasteiger partial charge in [-0.2, -0.15) is 0 Å². The Kier molecular flexibility index (Phi) is 4.99. The maximum absolute atomic E-state index is 11.0. The summed E-state index contributed by atoms with van der Waals surface area (Å²) in [6.07, 6.45) is 5.58. The SMILES string of the molecule is CC(=O)Nc1ccc(N2CCC(CC(C)C)CC2)nc1. The zero-order chi connectivity index (χ0) is 14.5. The number of anilines is 2. The molecule has 2 heterocycles. The summed E-state index contributed by atoms with van der Waals surface area (Å²) in [4.78, 5) is 17.8.